The third-order valence-electron chi connectivity index (χ3n) is 4.67. The zero-order valence-corrected chi connectivity index (χ0v) is 19.6. The van der Waals surface area contributed by atoms with Crippen LogP contribution in [0.25, 0.3) is 0 Å². The fraction of sp³-hybridized carbons (Fsp3) is 0.160. The molecule has 3 rings (SSSR count). The van der Waals surface area contributed by atoms with Gasteiger partial charge in [-0.3, -0.25) is 4.79 Å². The summed E-state index contributed by atoms with van der Waals surface area (Å²) in [5.41, 5.74) is 4.52. The van der Waals surface area contributed by atoms with Crippen LogP contribution in [0.3, 0.4) is 0 Å². The number of aryl methyl sites for hydroxylation is 1. The number of ether oxygens (including phenoxy) is 2. The smallest absolute Gasteiger partial charge is 0.343 e. The molecule has 0 saturated heterocycles. The van der Waals surface area contributed by atoms with E-state index in [4.69, 9.17) is 32.7 Å². The van der Waals surface area contributed by atoms with Gasteiger partial charge in [-0.05, 0) is 73.0 Å². The minimum atomic E-state index is -0.774. The highest BCUT2D eigenvalue weighted by Gasteiger charge is 2.19. The van der Waals surface area contributed by atoms with E-state index in [9.17, 15) is 9.59 Å². The number of hydrogen-bond donors (Lipinski definition) is 1. The van der Waals surface area contributed by atoms with Crippen molar-refractivity contribution in [1.82, 2.24) is 5.43 Å². The van der Waals surface area contributed by atoms with Crippen molar-refractivity contribution in [2.75, 3.05) is 0 Å². The largest absolute Gasteiger partial charge is 0.479 e. The van der Waals surface area contributed by atoms with Gasteiger partial charge >= 0.3 is 5.97 Å². The second kappa shape index (κ2) is 11.5. The van der Waals surface area contributed by atoms with E-state index in [0.29, 0.717) is 39.1 Å². The lowest BCUT2D eigenvalue weighted by Gasteiger charge is -2.16. The minimum absolute atomic E-state index is 0.320. The van der Waals surface area contributed by atoms with Gasteiger partial charge in [0, 0.05) is 5.02 Å². The summed E-state index contributed by atoms with van der Waals surface area (Å²) in [7, 11) is 0. The summed E-state index contributed by atoms with van der Waals surface area (Å²) < 4.78 is 11.1. The van der Waals surface area contributed by atoms with Crippen LogP contribution >= 0.6 is 23.2 Å². The van der Waals surface area contributed by atoms with Crippen molar-refractivity contribution in [3.8, 4) is 11.5 Å². The van der Waals surface area contributed by atoms with Gasteiger partial charge in [0.05, 0.1) is 16.8 Å². The van der Waals surface area contributed by atoms with Crippen molar-refractivity contribution >= 4 is 41.3 Å². The van der Waals surface area contributed by atoms with Gasteiger partial charge in [0.25, 0.3) is 5.91 Å². The predicted octanol–water partition coefficient (Wildman–Crippen LogP) is 5.83. The molecule has 3 aromatic rings. The van der Waals surface area contributed by atoms with Crippen molar-refractivity contribution in [2.45, 2.75) is 26.4 Å². The van der Waals surface area contributed by atoms with E-state index in [1.807, 2.05) is 26.0 Å². The van der Waals surface area contributed by atoms with Gasteiger partial charge < -0.3 is 9.47 Å². The first-order chi connectivity index (χ1) is 15.9. The first-order valence-corrected chi connectivity index (χ1v) is 11.0. The highest BCUT2D eigenvalue weighted by atomic mass is 35.5. The van der Waals surface area contributed by atoms with Crippen LogP contribution < -0.4 is 14.9 Å². The molecule has 170 valence electrons. The number of esters is 1. The van der Waals surface area contributed by atoms with Crippen LogP contribution in [0.5, 0.6) is 11.5 Å². The first kappa shape index (κ1) is 24.3. The molecule has 0 radical (unpaired) electrons. The number of halogens is 2. The molecule has 0 saturated carbocycles. The Morgan fingerprint density at radius 3 is 2.45 bits per heavy atom. The van der Waals surface area contributed by atoms with Gasteiger partial charge in [-0.2, -0.15) is 5.10 Å². The van der Waals surface area contributed by atoms with E-state index < -0.39 is 18.0 Å². The number of nitrogens with zero attached hydrogens (tertiary/aromatic N) is 1. The molecule has 8 heteroatoms. The van der Waals surface area contributed by atoms with E-state index in [2.05, 4.69) is 10.5 Å². The summed E-state index contributed by atoms with van der Waals surface area (Å²) in [6.07, 6.45) is 1.12. The van der Waals surface area contributed by atoms with Crippen LogP contribution in [-0.4, -0.2) is 24.2 Å². The maximum absolute atomic E-state index is 12.4. The summed E-state index contributed by atoms with van der Waals surface area (Å²) >= 11 is 12.0. The van der Waals surface area contributed by atoms with Gasteiger partial charge in [0.2, 0.25) is 0 Å². The Hall–Kier alpha value is -3.35. The molecule has 0 heterocycles. The highest BCUT2D eigenvalue weighted by Crippen LogP contribution is 2.28. The SMILES string of the molecule is CC[C@H](Oc1ccc(Cl)cc1Cl)C(=O)N/N=C\c1ccc(OC(=O)c2ccccc2C)cc1. The maximum Gasteiger partial charge on any atom is 0.343 e. The third-order valence-corrected chi connectivity index (χ3v) is 5.20. The fourth-order valence-electron chi connectivity index (χ4n) is 2.87. The molecule has 0 aromatic heterocycles. The van der Waals surface area contributed by atoms with Crippen molar-refractivity contribution in [3.63, 3.8) is 0 Å². The van der Waals surface area contributed by atoms with Crippen molar-refractivity contribution in [3.05, 3.63) is 93.5 Å². The molecule has 6 nitrogen and oxygen atoms in total. The molecular weight excluding hydrogens is 463 g/mol. The molecule has 3 aromatic carbocycles. The zero-order chi connectivity index (χ0) is 23.8. The van der Waals surface area contributed by atoms with Crippen LogP contribution in [-0.2, 0) is 4.79 Å². The van der Waals surface area contributed by atoms with Crippen LogP contribution in [0.2, 0.25) is 10.0 Å². The predicted molar refractivity (Wildman–Crippen MR) is 129 cm³/mol. The molecule has 0 aliphatic carbocycles. The number of benzene rings is 3. The second-order valence-corrected chi connectivity index (χ2v) is 7.94. The number of nitrogens with one attached hydrogen (secondary N) is 1. The van der Waals surface area contributed by atoms with Crippen LogP contribution in [0.15, 0.2) is 71.8 Å². The maximum atomic E-state index is 12.4. The van der Waals surface area contributed by atoms with Gasteiger partial charge in [-0.25, -0.2) is 10.2 Å². The monoisotopic (exact) mass is 484 g/mol. The lowest BCUT2D eigenvalue weighted by atomic mass is 10.1. The summed E-state index contributed by atoms with van der Waals surface area (Å²) in [5, 5.41) is 4.77. The highest BCUT2D eigenvalue weighted by molar-refractivity contribution is 6.35. The van der Waals surface area contributed by atoms with Crippen molar-refractivity contribution < 1.29 is 19.1 Å². The molecule has 0 bridgehead atoms. The fourth-order valence-corrected chi connectivity index (χ4v) is 3.33. The lowest BCUT2D eigenvalue weighted by molar-refractivity contribution is -0.128. The average molecular weight is 485 g/mol. The number of hydrogen-bond acceptors (Lipinski definition) is 5. The van der Waals surface area contributed by atoms with Gasteiger partial charge in [-0.15, -0.1) is 0 Å². The lowest BCUT2D eigenvalue weighted by Crippen LogP contribution is -2.35. The molecule has 0 unspecified atom stereocenters. The van der Waals surface area contributed by atoms with Crippen molar-refractivity contribution in [1.29, 1.82) is 0 Å². The molecule has 1 N–H and O–H groups in total. The standard InChI is InChI=1S/C25H22Cl2N2O4/c1-3-22(33-23-13-10-18(26)14-21(23)27)24(30)29-28-15-17-8-11-19(12-9-17)32-25(31)20-7-5-4-6-16(20)2/h4-15,22H,3H2,1-2H3,(H,29,30)/b28-15-/t22-/m0/s1. The molecular formula is C25H22Cl2N2O4. The quantitative estimate of drug-likeness (QED) is 0.189. The Kier molecular flexibility index (Phi) is 8.46. The summed E-state index contributed by atoms with van der Waals surface area (Å²) in [5.74, 6) is -0.0664. The first-order valence-electron chi connectivity index (χ1n) is 10.2. The minimum Gasteiger partial charge on any atom is -0.479 e. The number of amides is 1. The van der Waals surface area contributed by atoms with E-state index in [0.717, 1.165) is 5.56 Å². The van der Waals surface area contributed by atoms with Crippen LogP contribution in [0.1, 0.15) is 34.8 Å². The summed E-state index contributed by atoms with van der Waals surface area (Å²) in [6.45, 7) is 3.66. The summed E-state index contributed by atoms with van der Waals surface area (Å²) in [6, 6.07) is 18.7. The molecule has 1 atom stereocenters. The summed E-state index contributed by atoms with van der Waals surface area (Å²) in [4.78, 5) is 24.7. The van der Waals surface area contributed by atoms with E-state index in [1.165, 1.54) is 6.21 Å². The zero-order valence-electron chi connectivity index (χ0n) is 18.0. The normalized spacial score (nSPS) is 11.8. The Morgan fingerprint density at radius 2 is 1.79 bits per heavy atom. The Balaban J connectivity index is 1.55. The van der Waals surface area contributed by atoms with Crippen LogP contribution in [0.4, 0.5) is 0 Å². The van der Waals surface area contributed by atoms with E-state index in [-0.39, 0.29) is 0 Å². The third kappa shape index (κ3) is 6.81. The number of carbonyl (C=O) groups is 2. The molecule has 33 heavy (non-hydrogen) atoms. The molecule has 0 aliphatic rings. The van der Waals surface area contributed by atoms with Gasteiger partial charge in [0.15, 0.2) is 6.10 Å². The number of rotatable bonds is 8. The number of carbonyl (C=O) groups excluding carboxylic acids is 2. The topological polar surface area (TPSA) is 77.0 Å². The van der Waals surface area contributed by atoms with E-state index in [1.54, 1.807) is 54.6 Å². The van der Waals surface area contributed by atoms with E-state index >= 15 is 0 Å². The molecule has 0 fully saturated rings. The Bertz CT molecular complexity index is 1160. The molecule has 0 spiro atoms. The van der Waals surface area contributed by atoms with Gasteiger partial charge in [-0.1, -0.05) is 48.3 Å². The van der Waals surface area contributed by atoms with Crippen LogP contribution in [0, 0.1) is 6.92 Å². The molecule has 0 aliphatic heterocycles. The van der Waals surface area contributed by atoms with Crippen molar-refractivity contribution in [2.24, 2.45) is 5.10 Å². The second-order valence-electron chi connectivity index (χ2n) is 7.10. The van der Waals surface area contributed by atoms with Gasteiger partial charge in [0.1, 0.15) is 11.5 Å². The number of hydrazone groups is 1. The Morgan fingerprint density at radius 1 is 1.06 bits per heavy atom. The average Bonchev–Trinajstić information content (AvgIpc) is 2.80. The Labute approximate surface area is 202 Å². The molecule has 1 amide bonds.